The van der Waals surface area contributed by atoms with Gasteiger partial charge in [0.25, 0.3) is 0 Å². The van der Waals surface area contributed by atoms with E-state index in [-0.39, 0.29) is 18.4 Å². The molecular formula is C16H19ClN2O3. The van der Waals surface area contributed by atoms with Crippen LogP contribution in [0.1, 0.15) is 18.4 Å². The van der Waals surface area contributed by atoms with Gasteiger partial charge >= 0.3 is 0 Å². The highest BCUT2D eigenvalue weighted by Gasteiger charge is 2.23. The summed E-state index contributed by atoms with van der Waals surface area (Å²) in [5, 5.41) is 3.41. The van der Waals surface area contributed by atoms with Crippen LogP contribution in [0.5, 0.6) is 5.75 Å². The molecule has 1 fully saturated rings. The minimum atomic E-state index is -0.257. The second-order valence-electron chi connectivity index (χ2n) is 5.26. The second kappa shape index (κ2) is 7.31. The van der Waals surface area contributed by atoms with Gasteiger partial charge in [0.05, 0.1) is 13.7 Å². The van der Waals surface area contributed by atoms with Crippen LogP contribution in [0.3, 0.4) is 0 Å². The third kappa shape index (κ3) is 4.77. The van der Waals surface area contributed by atoms with Gasteiger partial charge in [0, 0.05) is 29.8 Å². The van der Waals surface area contributed by atoms with Crippen LogP contribution in [0, 0.1) is 0 Å². The molecule has 6 heteroatoms. The van der Waals surface area contributed by atoms with E-state index in [4.69, 9.17) is 16.3 Å². The van der Waals surface area contributed by atoms with Gasteiger partial charge in [-0.25, -0.2) is 0 Å². The monoisotopic (exact) mass is 322 g/mol. The Hall–Kier alpha value is -2.01. The van der Waals surface area contributed by atoms with E-state index in [1.165, 1.54) is 11.0 Å². The number of carbonyl (C=O) groups is 2. The molecule has 5 nitrogen and oxygen atoms in total. The van der Waals surface area contributed by atoms with Crippen LogP contribution < -0.4 is 10.1 Å². The first kappa shape index (κ1) is 16.4. The highest BCUT2D eigenvalue weighted by atomic mass is 35.5. The fourth-order valence-electron chi connectivity index (χ4n) is 1.92. The van der Waals surface area contributed by atoms with E-state index >= 15 is 0 Å². The Labute approximate surface area is 134 Å². The van der Waals surface area contributed by atoms with Gasteiger partial charge in [-0.05, 0) is 37.1 Å². The number of likely N-dealkylation sites (N-methyl/N-ethyl adjacent to an activating group) is 1. The topological polar surface area (TPSA) is 58.6 Å². The van der Waals surface area contributed by atoms with E-state index in [0.29, 0.717) is 22.4 Å². The number of benzene rings is 1. The summed E-state index contributed by atoms with van der Waals surface area (Å²) in [4.78, 5) is 25.1. The van der Waals surface area contributed by atoms with Gasteiger partial charge in [0.2, 0.25) is 11.8 Å². The largest absolute Gasteiger partial charge is 0.496 e. The molecule has 1 saturated carbocycles. The van der Waals surface area contributed by atoms with Crippen molar-refractivity contribution in [3.63, 3.8) is 0 Å². The van der Waals surface area contributed by atoms with E-state index in [0.717, 1.165) is 12.8 Å². The second-order valence-corrected chi connectivity index (χ2v) is 5.69. The number of hydrogen-bond acceptors (Lipinski definition) is 3. The van der Waals surface area contributed by atoms with Gasteiger partial charge in [0.15, 0.2) is 0 Å². The molecule has 0 bridgehead atoms. The predicted octanol–water partition coefficient (Wildman–Crippen LogP) is 2.10. The minimum absolute atomic E-state index is 0.0480. The maximum absolute atomic E-state index is 12.0. The van der Waals surface area contributed by atoms with Crippen molar-refractivity contribution in [2.24, 2.45) is 0 Å². The lowest BCUT2D eigenvalue weighted by Crippen LogP contribution is -2.38. The Morgan fingerprint density at radius 2 is 2.18 bits per heavy atom. The molecule has 0 spiro atoms. The smallest absolute Gasteiger partial charge is 0.246 e. The zero-order valence-corrected chi connectivity index (χ0v) is 13.4. The van der Waals surface area contributed by atoms with Crippen molar-refractivity contribution in [1.82, 2.24) is 10.2 Å². The summed E-state index contributed by atoms with van der Waals surface area (Å²) in [6.45, 7) is 0.0480. The third-order valence-electron chi connectivity index (χ3n) is 3.30. The van der Waals surface area contributed by atoms with Crippen LogP contribution in [0.25, 0.3) is 6.08 Å². The first-order valence-electron chi connectivity index (χ1n) is 7.05. The molecule has 22 heavy (non-hydrogen) atoms. The number of halogens is 1. The molecule has 0 heterocycles. The van der Waals surface area contributed by atoms with Crippen LogP contribution >= 0.6 is 11.6 Å². The SMILES string of the molecule is COc1ccc(Cl)cc1/C=C\C(=O)N(C)CC(=O)NC1CC1. The molecule has 1 aromatic carbocycles. The number of nitrogens with one attached hydrogen (secondary N) is 1. The quantitative estimate of drug-likeness (QED) is 0.816. The number of hydrogen-bond donors (Lipinski definition) is 1. The average molecular weight is 323 g/mol. The van der Waals surface area contributed by atoms with Crippen molar-refractivity contribution in [1.29, 1.82) is 0 Å². The standard InChI is InChI=1S/C16H19ClN2O3/c1-19(10-15(20)18-13-5-6-13)16(21)8-3-11-9-12(17)4-7-14(11)22-2/h3-4,7-9,13H,5-6,10H2,1-2H3,(H,18,20)/b8-3-. The van der Waals surface area contributed by atoms with E-state index < -0.39 is 0 Å². The fourth-order valence-corrected chi connectivity index (χ4v) is 2.10. The van der Waals surface area contributed by atoms with Crippen LogP contribution in [0.4, 0.5) is 0 Å². The zero-order chi connectivity index (χ0) is 16.1. The number of rotatable bonds is 6. The van der Waals surface area contributed by atoms with Crippen LogP contribution in [-0.2, 0) is 9.59 Å². The van der Waals surface area contributed by atoms with Gasteiger partial charge in [-0.1, -0.05) is 11.6 Å². The molecule has 0 saturated heterocycles. The summed E-state index contributed by atoms with van der Waals surface area (Å²) in [7, 11) is 3.14. The molecule has 1 aromatic rings. The summed E-state index contributed by atoms with van der Waals surface area (Å²) in [5.41, 5.74) is 0.708. The lowest BCUT2D eigenvalue weighted by Gasteiger charge is -2.14. The molecule has 0 radical (unpaired) electrons. The fraction of sp³-hybridized carbons (Fsp3) is 0.375. The summed E-state index contributed by atoms with van der Waals surface area (Å²) in [5.74, 6) is 0.239. The molecule has 1 aliphatic carbocycles. The molecule has 0 aromatic heterocycles. The van der Waals surface area contributed by atoms with Crippen molar-refractivity contribution >= 4 is 29.5 Å². The molecular weight excluding hydrogens is 304 g/mol. The first-order valence-corrected chi connectivity index (χ1v) is 7.43. The van der Waals surface area contributed by atoms with Crippen molar-refractivity contribution in [3.8, 4) is 5.75 Å². The van der Waals surface area contributed by atoms with Gasteiger partial charge in [-0.3, -0.25) is 9.59 Å². The molecule has 0 unspecified atom stereocenters. The molecule has 2 rings (SSSR count). The predicted molar refractivity (Wildman–Crippen MR) is 85.8 cm³/mol. The van der Waals surface area contributed by atoms with Crippen molar-refractivity contribution in [2.45, 2.75) is 18.9 Å². The number of amides is 2. The van der Waals surface area contributed by atoms with Crippen LogP contribution in [-0.4, -0.2) is 43.5 Å². The van der Waals surface area contributed by atoms with Crippen molar-refractivity contribution in [3.05, 3.63) is 34.9 Å². The first-order chi connectivity index (χ1) is 10.5. The Morgan fingerprint density at radius 1 is 1.45 bits per heavy atom. The lowest BCUT2D eigenvalue weighted by molar-refractivity contribution is -0.131. The van der Waals surface area contributed by atoms with E-state index in [1.807, 2.05) is 0 Å². The normalized spacial score (nSPS) is 14.0. The third-order valence-corrected chi connectivity index (χ3v) is 3.53. The summed E-state index contributed by atoms with van der Waals surface area (Å²) < 4.78 is 5.21. The Balaban J connectivity index is 1.94. The summed E-state index contributed by atoms with van der Waals surface area (Å²) in [6.07, 6.45) is 5.08. The maximum atomic E-state index is 12.0. The number of methoxy groups -OCH3 is 1. The van der Waals surface area contributed by atoms with Gasteiger partial charge in [0.1, 0.15) is 5.75 Å². The molecule has 0 atom stereocenters. The highest BCUT2D eigenvalue weighted by molar-refractivity contribution is 6.30. The molecule has 1 aliphatic rings. The van der Waals surface area contributed by atoms with Crippen molar-refractivity contribution < 1.29 is 14.3 Å². The maximum Gasteiger partial charge on any atom is 0.246 e. The van der Waals surface area contributed by atoms with Crippen molar-refractivity contribution in [2.75, 3.05) is 20.7 Å². The Bertz CT molecular complexity index is 597. The molecule has 1 N–H and O–H groups in total. The highest BCUT2D eigenvalue weighted by Crippen LogP contribution is 2.23. The van der Waals surface area contributed by atoms with Gasteiger partial charge in [-0.15, -0.1) is 0 Å². The van der Waals surface area contributed by atoms with E-state index in [9.17, 15) is 9.59 Å². The van der Waals surface area contributed by atoms with Crippen LogP contribution in [0.2, 0.25) is 5.02 Å². The Kier molecular flexibility index (Phi) is 5.44. The van der Waals surface area contributed by atoms with Gasteiger partial charge in [-0.2, -0.15) is 0 Å². The van der Waals surface area contributed by atoms with E-state index in [2.05, 4.69) is 5.32 Å². The Morgan fingerprint density at radius 3 is 2.82 bits per heavy atom. The molecule has 2 amide bonds. The minimum Gasteiger partial charge on any atom is -0.496 e. The van der Waals surface area contributed by atoms with Crippen LogP contribution in [0.15, 0.2) is 24.3 Å². The number of nitrogens with zero attached hydrogens (tertiary/aromatic N) is 1. The summed E-state index contributed by atoms with van der Waals surface area (Å²) in [6, 6.07) is 5.46. The summed E-state index contributed by atoms with van der Waals surface area (Å²) >= 11 is 5.94. The zero-order valence-electron chi connectivity index (χ0n) is 12.6. The lowest BCUT2D eigenvalue weighted by atomic mass is 10.2. The molecule has 118 valence electrons. The number of carbonyl (C=O) groups excluding carboxylic acids is 2. The average Bonchev–Trinajstić information content (AvgIpc) is 3.28. The molecule has 0 aliphatic heterocycles. The van der Waals surface area contributed by atoms with E-state index in [1.54, 1.807) is 38.4 Å². The number of ether oxygens (including phenoxy) is 1. The van der Waals surface area contributed by atoms with Gasteiger partial charge < -0.3 is 15.0 Å².